The van der Waals surface area contributed by atoms with Gasteiger partial charge in [0, 0.05) is 23.2 Å². The topological polar surface area (TPSA) is 104 Å². The summed E-state index contributed by atoms with van der Waals surface area (Å²) in [5, 5.41) is 22.3. The average Bonchev–Trinajstić information content (AvgIpc) is 3.16. The summed E-state index contributed by atoms with van der Waals surface area (Å²) in [5.74, 6) is 0.663. The largest absolute Gasteiger partial charge is 0.489 e. The molecule has 4 rings (SSSR count). The lowest BCUT2D eigenvalue weighted by molar-refractivity contribution is 0.0945. The molecule has 0 bridgehead atoms. The van der Waals surface area contributed by atoms with Crippen molar-refractivity contribution in [3.63, 3.8) is 0 Å². The number of aromatic amines is 1. The number of nitrogens with one attached hydrogen (secondary N) is 2. The van der Waals surface area contributed by atoms with Crippen molar-refractivity contribution in [2.45, 2.75) is 13.0 Å². The van der Waals surface area contributed by atoms with Crippen LogP contribution in [0.4, 0.5) is 0 Å². The first-order chi connectivity index (χ1) is 12.8. The maximum absolute atomic E-state index is 11.9. The van der Waals surface area contributed by atoms with E-state index in [9.17, 15) is 4.79 Å². The highest BCUT2D eigenvalue weighted by Crippen LogP contribution is 2.27. The molecule has 2 heterocycles. The van der Waals surface area contributed by atoms with Gasteiger partial charge >= 0.3 is 0 Å². The van der Waals surface area contributed by atoms with Gasteiger partial charge in [0.2, 0.25) is 0 Å². The van der Waals surface area contributed by atoms with Crippen LogP contribution in [0.2, 0.25) is 0 Å². The van der Waals surface area contributed by atoms with Crippen molar-refractivity contribution in [2.24, 2.45) is 0 Å². The molecular formula is C19H15N5O2. The normalized spacial score (nSPS) is 12.8. The molecule has 0 atom stereocenters. The van der Waals surface area contributed by atoms with Crippen LogP contribution in [0.25, 0.3) is 11.3 Å². The Balaban J connectivity index is 1.57. The fourth-order valence-electron chi connectivity index (χ4n) is 3.05. The number of H-pyrrole nitrogens is 1. The van der Waals surface area contributed by atoms with E-state index in [1.165, 1.54) is 0 Å². The Morgan fingerprint density at radius 3 is 2.96 bits per heavy atom. The lowest BCUT2D eigenvalue weighted by Crippen LogP contribution is -2.32. The number of amides is 1. The van der Waals surface area contributed by atoms with Crippen LogP contribution in [0.3, 0.4) is 0 Å². The number of hydrogen-bond donors (Lipinski definition) is 2. The lowest BCUT2D eigenvalue weighted by Gasteiger charge is -2.19. The second-order valence-corrected chi connectivity index (χ2v) is 5.91. The van der Waals surface area contributed by atoms with E-state index in [0.717, 1.165) is 28.9 Å². The van der Waals surface area contributed by atoms with Crippen LogP contribution < -0.4 is 10.1 Å². The average molecular weight is 345 g/mol. The molecule has 0 radical (unpaired) electrons. The molecule has 2 aromatic carbocycles. The van der Waals surface area contributed by atoms with Crippen molar-refractivity contribution in [3.8, 4) is 23.1 Å². The standard InChI is InChI=1S/C19H15N5O2/c20-10-16-18(23-24-22-16)13-4-1-3-12(9-13)11-26-17-6-2-5-15-14(17)7-8-21-19(15)25/h1-6,9H,7-8,11H2,(H,21,25)(H,22,23,24). The van der Waals surface area contributed by atoms with E-state index in [1.807, 2.05) is 48.5 Å². The van der Waals surface area contributed by atoms with Gasteiger partial charge in [0.1, 0.15) is 24.1 Å². The smallest absolute Gasteiger partial charge is 0.251 e. The van der Waals surface area contributed by atoms with Crippen LogP contribution in [0.5, 0.6) is 5.75 Å². The number of aromatic nitrogens is 3. The van der Waals surface area contributed by atoms with Gasteiger partial charge in [-0.25, -0.2) is 0 Å². The van der Waals surface area contributed by atoms with E-state index in [2.05, 4.69) is 20.7 Å². The van der Waals surface area contributed by atoms with E-state index in [0.29, 0.717) is 24.4 Å². The molecule has 1 aliphatic heterocycles. The molecule has 0 aliphatic carbocycles. The van der Waals surface area contributed by atoms with Gasteiger partial charge < -0.3 is 10.1 Å². The molecule has 0 spiro atoms. The fourth-order valence-corrected chi connectivity index (χ4v) is 3.05. The first-order valence-electron chi connectivity index (χ1n) is 8.19. The van der Waals surface area contributed by atoms with Crippen molar-refractivity contribution in [2.75, 3.05) is 6.54 Å². The van der Waals surface area contributed by atoms with Crippen molar-refractivity contribution in [1.29, 1.82) is 5.26 Å². The highest BCUT2D eigenvalue weighted by molar-refractivity contribution is 5.97. The van der Waals surface area contributed by atoms with Gasteiger partial charge in [0.05, 0.1) is 0 Å². The Labute approximate surface area is 149 Å². The number of fused-ring (bicyclic) bond motifs is 1. The monoisotopic (exact) mass is 345 g/mol. The SMILES string of the molecule is N#Cc1n[nH]nc1-c1cccc(COc2cccc3c2CCNC3=O)c1. The second-order valence-electron chi connectivity index (χ2n) is 5.91. The van der Waals surface area contributed by atoms with E-state index in [-0.39, 0.29) is 11.6 Å². The molecule has 3 aromatic rings. The Hall–Kier alpha value is -3.66. The van der Waals surface area contributed by atoms with E-state index < -0.39 is 0 Å². The summed E-state index contributed by atoms with van der Waals surface area (Å²) in [6.07, 6.45) is 0.752. The zero-order valence-electron chi connectivity index (χ0n) is 13.8. The minimum absolute atomic E-state index is 0.0613. The number of hydrogen-bond acceptors (Lipinski definition) is 5. The van der Waals surface area contributed by atoms with Gasteiger partial charge in [-0.05, 0) is 30.2 Å². The molecule has 0 saturated heterocycles. The first kappa shape index (κ1) is 15.8. The summed E-state index contributed by atoms with van der Waals surface area (Å²) in [7, 11) is 0. The summed E-state index contributed by atoms with van der Waals surface area (Å²) >= 11 is 0. The van der Waals surface area contributed by atoms with Crippen molar-refractivity contribution >= 4 is 5.91 Å². The number of nitriles is 1. The molecule has 1 aliphatic rings. The molecule has 0 unspecified atom stereocenters. The van der Waals surface area contributed by atoms with Crippen LogP contribution >= 0.6 is 0 Å². The van der Waals surface area contributed by atoms with Crippen molar-refractivity contribution in [1.82, 2.24) is 20.7 Å². The molecule has 2 N–H and O–H groups in total. The van der Waals surface area contributed by atoms with Crippen LogP contribution in [-0.2, 0) is 13.0 Å². The number of carbonyl (C=O) groups is 1. The van der Waals surface area contributed by atoms with E-state index in [4.69, 9.17) is 10.00 Å². The van der Waals surface area contributed by atoms with Crippen molar-refractivity contribution < 1.29 is 9.53 Å². The Morgan fingerprint density at radius 2 is 2.08 bits per heavy atom. The third kappa shape index (κ3) is 2.89. The van der Waals surface area contributed by atoms with E-state index >= 15 is 0 Å². The number of ether oxygens (including phenoxy) is 1. The van der Waals surface area contributed by atoms with Crippen LogP contribution in [0, 0.1) is 11.3 Å². The molecular weight excluding hydrogens is 330 g/mol. The Morgan fingerprint density at radius 1 is 1.19 bits per heavy atom. The van der Waals surface area contributed by atoms with Gasteiger partial charge in [-0.15, -0.1) is 5.10 Å². The molecule has 128 valence electrons. The predicted molar refractivity (Wildman–Crippen MR) is 93.3 cm³/mol. The van der Waals surface area contributed by atoms with Gasteiger partial charge in [-0.1, -0.05) is 24.3 Å². The molecule has 0 fully saturated rings. The summed E-state index contributed by atoms with van der Waals surface area (Å²) in [4.78, 5) is 11.9. The summed E-state index contributed by atoms with van der Waals surface area (Å²) in [6.45, 7) is 0.969. The highest BCUT2D eigenvalue weighted by Gasteiger charge is 2.19. The zero-order chi connectivity index (χ0) is 17.9. The first-order valence-corrected chi connectivity index (χ1v) is 8.19. The van der Waals surface area contributed by atoms with E-state index in [1.54, 1.807) is 0 Å². The van der Waals surface area contributed by atoms with Gasteiger partial charge in [-0.3, -0.25) is 4.79 Å². The molecule has 26 heavy (non-hydrogen) atoms. The van der Waals surface area contributed by atoms with Crippen LogP contribution in [0.1, 0.15) is 27.2 Å². The van der Waals surface area contributed by atoms with Gasteiger partial charge in [-0.2, -0.15) is 15.6 Å². The van der Waals surface area contributed by atoms with Crippen LogP contribution in [0.15, 0.2) is 42.5 Å². The highest BCUT2D eigenvalue weighted by atomic mass is 16.5. The molecule has 1 aromatic heterocycles. The maximum atomic E-state index is 11.9. The number of rotatable bonds is 4. The third-order valence-corrected chi connectivity index (χ3v) is 4.29. The summed E-state index contributed by atoms with van der Waals surface area (Å²) in [5.41, 5.74) is 4.12. The predicted octanol–water partition coefficient (Wildman–Crippen LogP) is 2.21. The quantitative estimate of drug-likeness (QED) is 0.754. The number of benzene rings is 2. The lowest BCUT2D eigenvalue weighted by atomic mass is 9.99. The molecule has 1 amide bonds. The molecule has 7 heteroatoms. The summed E-state index contributed by atoms with van der Waals surface area (Å²) < 4.78 is 5.98. The maximum Gasteiger partial charge on any atom is 0.251 e. The third-order valence-electron chi connectivity index (χ3n) is 4.29. The van der Waals surface area contributed by atoms with Gasteiger partial charge in [0.15, 0.2) is 5.69 Å². The molecule has 7 nitrogen and oxygen atoms in total. The minimum Gasteiger partial charge on any atom is -0.489 e. The van der Waals surface area contributed by atoms with Crippen LogP contribution in [-0.4, -0.2) is 27.9 Å². The number of nitrogens with zero attached hydrogens (tertiary/aromatic N) is 3. The molecule has 0 saturated carbocycles. The Kier molecular flexibility index (Phi) is 4.07. The summed E-state index contributed by atoms with van der Waals surface area (Å²) in [6, 6.07) is 15.1. The zero-order valence-corrected chi connectivity index (χ0v) is 13.8. The second kappa shape index (κ2) is 6.69. The minimum atomic E-state index is -0.0613. The number of carbonyl (C=O) groups excluding carboxylic acids is 1. The van der Waals surface area contributed by atoms with Gasteiger partial charge in [0.25, 0.3) is 5.91 Å². The van der Waals surface area contributed by atoms with Crippen molar-refractivity contribution in [3.05, 3.63) is 64.8 Å². The Bertz CT molecular complexity index is 1020. The fraction of sp³-hybridized carbons (Fsp3) is 0.158.